The number of hydrogen-bond donors (Lipinski definition) is 2. The van der Waals surface area contributed by atoms with E-state index in [4.69, 9.17) is 11.6 Å². The third-order valence-corrected chi connectivity index (χ3v) is 4.55. The molecule has 0 aliphatic rings. The zero-order valence-corrected chi connectivity index (χ0v) is 16.0. The highest BCUT2D eigenvalue weighted by Gasteiger charge is 2.31. The smallest absolute Gasteiger partial charge is 0.323 e. The lowest BCUT2D eigenvalue weighted by molar-refractivity contribution is -0.137. The van der Waals surface area contributed by atoms with E-state index in [2.05, 4.69) is 20.7 Å². The molecule has 2 aromatic carbocycles. The van der Waals surface area contributed by atoms with Crippen LogP contribution < -0.4 is 10.6 Å². The predicted molar refractivity (Wildman–Crippen MR) is 103 cm³/mol. The number of nitrogens with zero attached hydrogens (tertiary/aromatic N) is 3. The SMILES string of the molecule is CC(NCC(=O)Nc1cc(C(F)(F)F)ccc1-n1cncn1)c1ccccc1Cl. The topological polar surface area (TPSA) is 71.8 Å². The van der Waals surface area contributed by atoms with Gasteiger partial charge in [0.15, 0.2) is 0 Å². The molecule has 1 atom stereocenters. The van der Waals surface area contributed by atoms with Crippen LogP contribution in [-0.2, 0) is 11.0 Å². The molecule has 6 nitrogen and oxygen atoms in total. The Kier molecular flexibility index (Phi) is 6.19. The zero-order chi connectivity index (χ0) is 21.0. The number of aromatic nitrogens is 3. The lowest BCUT2D eigenvalue weighted by Crippen LogP contribution is -2.30. The lowest BCUT2D eigenvalue weighted by Gasteiger charge is -2.17. The first-order chi connectivity index (χ1) is 13.8. The van der Waals surface area contributed by atoms with E-state index in [1.165, 1.54) is 23.4 Å². The second-order valence-electron chi connectivity index (χ2n) is 6.24. The van der Waals surface area contributed by atoms with Crippen molar-refractivity contribution >= 4 is 23.2 Å². The summed E-state index contributed by atoms with van der Waals surface area (Å²) in [5, 5.41) is 9.98. The van der Waals surface area contributed by atoms with Gasteiger partial charge in [0.1, 0.15) is 12.7 Å². The zero-order valence-electron chi connectivity index (χ0n) is 15.2. The molecule has 152 valence electrons. The van der Waals surface area contributed by atoms with E-state index in [0.717, 1.165) is 17.7 Å². The summed E-state index contributed by atoms with van der Waals surface area (Å²) >= 11 is 6.14. The second kappa shape index (κ2) is 8.62. The highest BCUT2D eigenvalue weighted by atomic mass is 35.5. The van der Waals surface area contributed by atoms with Crippen LogP contribution in [0.5, 0.6) is 0 Å². The summed E-state index contributed by atoms with van der Waals surface area (Å²) in [6.07, 6.45) is -1.97. The summed E-state index contributed by atoms with van der Waals surface area (Å²) < 4.78 is 40.5. The van der Waals surface area contributed by atoms with Crippen molar-refractivity contribution in [3.05, 3.63) is 71.3 Å². The molecule has 1 aromatic heterocycles. The average Bonchev–Trinajstić information content (AvgIpc) is 3.20. The van der Waals surface area contributed by atoms with Crippen molar-refractivity contribution in [2.24, 2.45) is 0 Å². The Hall–Kier alpha value is -2.91. The van der Waals surface area contributed by atoms with Crippen molar-refractivity contribution in [2.45, 2.75) is 19.1 Å². The van der Waals surface area contributed by atoms with Crippen LogP contribution in [0.15, 0.2) is 55.1 Å². The van der Waals surface area contributed by atoms with Crippen molar-refractivity contribution in [1.29, 1.82) is 0 Å². The number of benzene rings is 2. The standard InChI is InChI=1S/C19H17ClF3N5O/c1-12(14-4-2-3-5-15(14)20)25-9-18(29)27-16-8-13(19(21,22)23)6-7-17(16)28-11-24-10-26-28/h2-8,10-12,25H,9H2,1H3,(H,27,29). The van der Waals surface area contributed by atoms with Gasteiger partial charge in [0.25, 0.3) is 0 Å². The molecule has 0 spiro atoms. The highest BCUT2D eigenvalue weighted by molar-refractivity contribution is 6.31. The van der Waals surface area contributed by atoms with Gasteiger partial charge in [-0.15, -0.1) is 0 Å². The van der Waals surface area contributed by atoms with Gasteiger partial charge in [0.05, 0.1) is 23.5 Å². The monoisotopic (exact) mass is 423 g/mol. The summed E-state index contributed by atoms with van der Waals surface area (Å²) in [4.78, 5) is 16.2. The average molecular weight is 424 g/mol. The van der Waals surface area contributed by atoms with Crippen molar-refractivity contribution in [3.8, 4) is 5.69 Å². The Balaban J connectivity index is 1.76. The van der Waals surface area contributed by atoms with Crippen molar-refractivity contribution < 1.29 is 18.0 Å². The van der Waals surface area contributed by atoms with Crippen molar-refractivity contribution in [3.63, 3.8) is 0 Å². The molecule has 2 N–H and O–H groups in total. The minimum Gasteiger partial charge on any atom is -0.323 e. The van der Waals surface area contributed by atoms with Crippen LogP contribution in [0, 0.1) is 0 Å². The molecular weight excluding hydrogens is 407 g/mol. The first-order valence-electron chi connectivity index (χ1n) is 8.59. The largest absolute Gasteiger partial charge is 0.416 e. The number of amides is 1. The Morgan fingerprint density at radius 2 is 2.00 bits per heavy atom. The molecule has 0 aliphatic carbocycles. The molecule has 0 saturated heterocycles. The van der Waals surface area contributed by atoms with Crippen LogP contribution >= 0.6 is 11.6 Å². The molecule has 1 unspecified atom stereocenters. The maximum Gasteiger partial charge on any atom is 0.416 e. The summed E-state index contributed by atoms with van der Waals surface area (Å²) in [5.74, 6) is -0.510. The summed E-state index contributed by atoms with van der Waals surface area (Å²) in [6, 6.07) is 9.97. The number of anilines is 1. The van der Waals surface area contributed by atoms with E-state index in [-0.39, 0.29) is 24.0 Å². The fraction of sp³-hybridized carbons (Fsp3) is 0.211. The fourth-order valence-corrected chi connectivity index (χ4v) is 3.02. The molecule has 1 heterocycles. The Morgan fingerprint density at radius 3 is 2.66 bits per heavy atom. The number of alkyl halides is 3. The van der Waals surface area contributed by atoms with Gasteiger partial charge in [-0.1, -0.05) is 29.8 Å². The van der Waals surface area contributed by atoms with E-state index in [1.807, 2.05) is 19.1 Å². The van der Waals surface area contributed by atoms with E-state index in [0.29, 0.717) is 5.02 Å². The molecule has 10 heteroatoms. The van der Waals surface area contributed by atoms with E-state index in [9.17, 15) is 18.0 Å². The first-order valence-corrected chi connectivity index (χ1v) is 8.97. The lowest BCUT2D eigenvalue weighted by atomic mass is 10.1. The van der Waals surface area contributed by atoms with Gasteiger partial charge < -0.3 is 10.6 Å². The van der Waals surface area contributed by atoms with Gasteiger partial charge in [-0.3, -0.25) is 4.79 Å². The normalized spacial score (nSPS) is 12.6. The number of carbonyl (C=O) groups excluding carboxylic acids is 1. The Labute approximate surface area is 169 Å². The molecule has 29 heavy (non-hydrogen) atoms. The Morgan fingerprint density at radius 1 is 1.24 bits per heavy atom. The minimum absolute atomic E-state index is 0.0254. The van der Waals surface area contributed by atoms with Crippen LogP contribution in [-0.4, -0.2) is 27.2 Å². The van der Waals surface area contributed by atoms with Crippen LogP contribution in [0.3, 0.4) is 0 Å². The molecule has 3 aromatic rings. The molecule has 0 saturated carbocycles. The van der Waals surface area contributed by atoms with Crippen LogP contribution in [0.4, 0.5) is 18.9 Å². The molecule has 0 aliphatic heterocycles. The van der Waals surface area contributed by atoms with Crippen LogP contribution in [0.2, 0.25) is 5.02 Å². The van der Waals surface area contributed by atoms with Crippen molar-refractivity contribution in [2.75, 3.05) is 11.9 Å². The van der Waals surface area contributed by atoms with Crippen LogP contribution in [0.1, 0.15) is 24.1 Å². The molecule has 0 radical (unpaired) electrons. The predicted octanol–water partition coefficient (Wildman–Crippen LogP) is 4.23. The number of carbonyl (C=O) groups is 1. The molecular formula is C19H17ClF3N5O. The number of hydrogen-bond acceptors (Lipinski definition) is 4. The van der Waals surface area contributed by atoms with Gasteiger partial charge >= 0.3 is 6.18 Å². The quantitative estimate of drug-likeness (QED) is 0.622. The van der Waals surface area contributed by atoms with Gasteiger partial charge in [-0.25, -0.2) is 9.67 Å². The highest BCUT2D eigenvalue weighted by Crippen LogP contribution is 2.33. The van der Waals surface area contributed by atoms with Gasteiger partial charge in [0.2, 0.25) is 5.91 Å². The Bertz CT molecular complexity index is 992. The van der Waals surface area contributed by atoms with Crippen LogP contribution in [0.25, 0.3) is 5.69 Å². The molecule has 1 amide bonds. The third-order valence-electron chi connectivity index (χ3n) is 4.20. The molecule has 0 bridgehead atoms. The maximum absolute atomic E-state index is 13.1. The van der Waals surface area contributed by atoms with Crippen molar-refractivity contribution in [1.82, 2.24) is 20.1 Å². The summed E-state index contributed by atoms with van der Waals surface area (Å²) in [5.41, 5.74) is 0.170. The molecule has 0 fully saturated rings. The van der Waals surface area contributed by atoms with Gasteiger partial charge in [0, 0.05) is 11.1 Å². The minimum atomic E-state index is -4.54. The summed E-state index contributed by atoms with van der Waals surface area (Å²) in [7, 11) is 0. The maximum atomic E-state index is 13.1. The molecule has 3 rings (SSSR count). The van der Waals surface area contributed by atoms with Gasteiger partial charge in [-0.2, -0.15) is 18.3 Å². The number of halogens is 4. The van der Waals surface area contributed by atoms with E-state index in [1.54, 1.807) is 12.1 Å². The third kappa shape index (κ3) is 5.12. The fourth-order valence-electron chi connectivity index (χ4n) is 2.72. The van der Waals surface area contributed by atoms with E-state index < -0.39 is 17.6 Å². The number of rotatable bonds is 6. The van der Waals surface area contributed by atoms with Gasteiger partial charge in [-0.05, 0) is 36.8 Å². The summed E-state index contributed by atoms with van der Waals surface area (Å²) in [6.45, 7) is 1.71. The second-order valence-corrected chi connectivity index (χ2v) is 6.65. The first kappa shape index (κ1) is 20.8. The van der Waals surface area contributed by atoms with E-state index >= 15 is 0 Å². The number of nitrogens with one attached hydrogen (secondary N) is 2.